The van der Waals surface area contributed by atoms with E-state index in [2.05, 4.69) is 4.72 Å². The van der Waals surface area contributed by atoms with Crippen molar-refractivity contribution in [2.75, 3.05) is 18.6 Å². The minimum Gasteiger partial charge on any atom is -0.477 e. The van der Waals surface area contributed by atoms with Gasteiger partial charge in [-0.3, -0.25) is 14.5 Å². The smallest absolute Gasteiger partial charge is 0.352 e. The van der Waals surface area contributed by atoms with Crippen molar-refractivity contribution in [3.05, 3.63) is 11.3 Å². The van der Waals surface area contributed by atoms with Crippen LogP contribution in [0.5, 0.6) is 0 Å². The van der Waals surface area contributed by atoms with E-state index in [1.165, 1.54) is 18.7 Å². The summed E-state index contributed by atoms with van der Waals surface area (Å²) in [5, 5.41) is 8.68. The third-order valence-corrected chi connectivity index (χ3v) is 5.06. The van der Waals surface area contributed by atoms with Gasteiger partial charge in [-0.1, -0.05) is 0 Å². The fourth-order valence-electron chi connectivity index (χ4n) is 2.19. The Morgan fingerprint density at radius 2 is 2.14 bits per heavy atom. The van der Waals surface area contributed by atoms with Crippen LogP contribution in [-0.4, -0.2) is 66.3 Å². The Labute approximate surface area is 130 Å². The molecule has 0 saturated carbocycles. The molecule has 2 aliphatic rings. The van der Waals surface area contributed by atoms with Crippen LogP contribution in [0.15, 0.2) is 11.3 Å². The molecule has 2 atom stereocenters. The van der Waals surface area contributed by atoms with Crippen molar-refractivity contribution < 1.29 is 32.6 Å². The lowest BCUT2D eigenvalue weighted by atomic mass is 10.0. The van der Waals surface area contributed by atoms with Crippen LogP contribution < -0.4 is 4.72 Å². The second-order valence-electron chi connectivity index (χ2n) is 4.82. The molecule has 2 rings (SSSR count). The number of rotatable bonds is 5. The normalized spacial score (nSPS) is 24.6. The summed E-state index contributed by atoms with van der Waals surface area (Å²) in [6.07, 6.45) is 0.927. The maximum absolute atomic E-state index is 12.1. The van der Waals surface area contributed by atoms with Crippen LogP contribution in [0.2, 0.25) is 0 Å². The molecule has 2 N–H and O–H groups in total. The summed E-state index contributed by atoms with van der Waals surface area (Å²) in [5.74, 6) is -2.29. The van der Waals surface area contributed by atoms with Gasteiger partial charge in [-0.15, -0.1) is 11.8 Å². The third-order valence-electron chi connectivity index (χ3n) is 3.04. The van der Waals surface area contributed by atoms with Crippen LogP contribution in [0.4, 0.5) is 0 Å². The lowest BCUT2D eigenvalue weighted by Gasteiger charge is -2.49. The number of amides is 1. The molecule has 22 heavy (non-hydrogen) atoms. The van der Waals surface area contributed by atoms with Gasteiger partial charge in [0.25, 0.3) is 0 Å². The summed E-state index contributed by atoms with van der Waals surface area (Å²) in [7, 11) is -3.58. The quantitative estimate of drug-likeness (QED) is 0.463. The maximum Gasteiger partial charge on any atom is 0.352 e. The first-order valence-electron chi connectivity index (χ1n) is 6.12. The highest BCUT2D eigenvalue weighted by Gasteiger charge is 2.54. The van der Waals surface area contributed by atoms with Crippen LogP contribution in [0.25, 0.3) is 0 Å². The van der Waals surface area contributed by atoms with Gasteiger partial charge < -0.3 is 9.84 Å². The van der Waals surface area contributed by atoms with E-state index in [0.717, 1.165) is 11.2 Å². The average Bonchev–Trinajstić information content (AvgIpc) is 2.40. The molecule has 9 nitrogen and oxygen atoms in total. The van der Waals surface area contributed by atoms with Gasteiger partial charge in [0.15, 0.2) is 0 Å². The zero-order valence-corrected chi connectivity index (χ0v) is 13.4. The largest absolute Gasteiger partial charge is 0.477 e. The van der Waals surface area contributed by atoms with Crippen LogP contribution in [0.1, 0.15) is 6.92 Å². The van der Waals surface area contributed by atoms with Crippen molar-refractivity contribution >= 4 is 39.6 Å². The summed E-state index contributed by atoms with van der Waals surface area (Å²) in [4.78, 5) is 35.3. The summed E-state index contributed by atoms with van der Waals surface area (Å²) < 4.78 is 29.4. The Bertz CT molecular complexity index is 670. The fraction of sp³-hybridized carbons (Fsp3) is 0.545. The second-order valence-corrected chi connectivity index (χ2v) is 7.70. The first-order chi connectivity index (χ1) is 10.1. The number of fused-ring (bicyclic) bond motifs is 1. The van der Waals surface area contributed by atoms with Gasteiger partial charge in [0.05, 0.1) is 6.26 Å². The topological polar surface area (TPSA) is 130 Å². The molecule has 0 bridgehead atoms. The van der Waals surface area contributed by atoms with Crippen LogP contribution in [0, 0.1) is 0 Å². The van der Waals surface area contributed by atoms with Crippen molar-refractivity contribution in [3.8, 4) is 0 Å². The van der Waals surface area contributed by atoms with E-state index >= 15 is 0 Å². The number of esters is 1. The highest BCUT2D eigenvalue weighted by Crippen LogP contribution is 2.40. The van der Waals surface area contributed by atoms with E-state index in [1.54, 1.807) is 0 Å². The van der Waals surface area contributed by atoms with Crippen molar-refractivity contribution in [2.24, 2.45) is 0 Å². The molecule has 1 unspecified atom stereocenters. The first-order valence-corrected chi connectivity index (χ1v) is 9.06. The number of hydrogen-bond donors (Lipinski definition) is 2. The number of aliphatic carboxylic acids is 1. The SMILES string of the molecule is CC(=O)OCC1=C(C(=O)O)N2C(=O)C(NS(C)(=O)=O)[C@@H]2SC1. The van der Waals surface area contributed by atoms with Gasteiger partial charge in [-0.25, -0.2) is 13.2 Å². The Morgan fingerprint density at radius 3 is 2.64 bits per heavy atom. The molecule has 0 aliphatic carbocycles. The zero-order chi connectivity index (χ0) is 16.7. The summed E-state index contributed by atoms with van der Waals surface area (Å²) in [5.41, 5.74) is 0.0525. The van der Waals surface area contributed by atoms with E-state index in [-0.39, 0.29) is 18.1 Å². The highest BCUT2D eigenvalue weighted by atomic mass is 32.2. The molecular formula is C11H14N2O7S2. The predicted octanol–water partition coefficient (Wildman–Crippen LogP) is -1.28. The van der Waals surface area contributed by atoms with Crippen molar-refractivity contribution in [1.82, 2.24) is 9.62 Å². The fourth-order valence-corrected chi connectivity index (χ4v) is 4.29. The molecule has 0 aromatic heterocycles. The monoisotopic (exact) mass is 350 g/mol. The predicted molar refractivity (Wildman–Crippen MR) is 76.2 cm³/mol. The molecule has 122 valence electrons. The van der Waals surface area contributed by atoms with Crippen LogP contribution >= 0.6 is 11.8 Å². The van der Waals surface area contributed by atoms with Gasteiger partial charge in [0, 0.05) is 18.2 Å². The van der Waals surface area contributed by atoms with Crippen LogP contribution in [-0.2, 0) is 29.1 Å². The van der Waals surface area contributed by atoms with Crippen molar-refractivity contribution in [2.45, 2.75) is 18.3 Å². The molecule has 1 saturated heterocycles. The van der Waals surface area contributed by atoms with E-state index in [1.807, 2.05) is 0 Å². The summed E-state index contributed by atoms with van der Waals surface area (Å²) in [6, 6.07) is -0.982. The number of carboxylic acid groups (broad SMARTS) is 1. The first kappa shape index (κ1) is 16.8. The molecule has 0 aromatic carbocycles. The number of sulfonamides is 1. The van der Waals surface area contributed by atoms with E-state index in [4.69, 9.17) is 4.74 Å². The zero-order valence-electron chi connectivity index (χ0n) is 11.7. The molecule has 0 spiro atoms. The Morgan fingerprint density at radius 1 is 1.50 bits per heavy atom. The highest BCUT2D eigenvalue weighted by molar-refractivity contribution is 8.00. The lowest BCUT2D eigenvalue weighted by Crippen LogP contribution is -2.70. The van der Waals surface area contributed by atoms with Gasteiger partial charge in [0.2, 0.25) is 15.9 Å². The third kappa shape index (κ3) is 3.25. The maximum atomic E-state index is 12.1. The van der Waals surface area contributed by atoms with Gasteiger partial charge in [0.1, 0.15) is 23.7 Å². The molecule has 2 heterocycles. The van der Waals surface area contributed by atoms with Gasteiger partial charge in [-0.05, 0) is 0 Å². The van der Waals surface area contributed by atoms with Gasteiger partial charge in [-0.2, -0.15) is 4.72 Å². The number of hydrogen-bond acceptors (Lipinski definition) is 7. The number of carbonyl (C=O) groups is 3. The molecule has 11 heteroatoms. The molecule has 0 radical (unpaired) electrons. The molecule has 0 aromatic rings. The second kappa shape index (κ2) is 5.89. The Hall–Kier alpha value is -1.59. The lowest BCUT2D eigenvalue weighted by molar-refractivity contribution is -0.148. The molecular weight excluding hydrogens is 336 g/mol. The van der Waals surface area contributed by atoms with E-state index in [0.29, 0.717) is 5.57 Å². The van der Waals surface area contributed by atoms with E-state index in [9.17, 15) is 27.9 Å². The molecule has 1 amide bonds. The number of ether oxygens (including phenoxy) is 1. The van der Waals surface area contributed by atoms with Crippen molar-refractivity contribution in [3.63, 3.8) is 0 Å². The molecule has 2 aliphatic heterocycles. The number of thioether (sulfide) groups is 1. The molecule has 1 fully saturated rings. The number of nitrogens with zero attached hydrogens (tertiary/aromatic N) is 1. The number of nitrogens with one attached hydrogen (secondary N) is 1. The Balaban J connectivity index is 2.24. The van der Waals surface area contributed by atoms with E-state index < -0.39 is 39.3 Å². The van der Waals surface area contributed by atoms with Crippen molar-refractivity contribution in [1.29, 1.82) is 0 Å². The number of β-lactam (4-membered cyclic amide) rings is 1. The number of carboxylic acids is 1. The van der Waals surface area contributed by atoms with Crippen LogP contribution in [0.3, 0.4) is 0 Å². The average molecular weight is 350 g/mol. The number of carbonyl (C=O) groups excluding carboxylic acids is 2. The summed E-state index contributed by atoms with van der Waals surface area (Å²) in [6.45, 7) is 0.977. The minimum atomic E-state index is -3.58. The minimum absolute atomic E-state index is 0.218. The van der Waals surface area contributed by atoms with Gasteiger partial charge >= 0.3 is 11.9 Å². The Kier molecular flexibility index (Phi) is 4.49. The standard InChI is InChI=1S/C11H14N2O7S2/c1-5(14)20-3-6-4-21-10-7(12-22(2,18)19)9(15)13(10)8(6)11(16)17/h7,10,12H,3-4H2,1-2H3,(H,16,17)/t7?,10-/m0/s1. The summed E-state index contributed by atoms with van der Waals surface area (Å²) >= 11 is 1.21.